The molecule has 3 atom stereocenters. The molecule has 13 heteroatoms. The second kappa shape index (κ2) is 16.3. The molecule has 4 aromatic rings. The van der Waals surface area contributed by atoms with Crippen LogP contribution < -0.4 is 10.6 Å². The minimum absolute atomic E-state index is 0. The number of amides is 2. The lowest BCUT2D eigenvalue weighted by molar-refractivity contribution is -0.135. The summed E-state index contributed by atoms with van der Waals surface area (Å²) in [5, 5.41) is 6.19. The van der Waals surface area contributed by atoms with Crippen LogP contribution in [0.5, 0.6) is 0 Å². The number of H-pyrrole nitrogens is 2. The molecule has 248 valence electrons. The summed E-state index contributed by atoms with van der Waals surface area (Å²) in [6, 6.07) is 16.4. The standard InChI is InChI=1S/C33H39N7O3.3ClH/c1-20(2)29(39-33(42)43-3)32(41)40-17-5-7-28(40)31-36-19-27(38-31)24-14-10-22(11-15-24)21-8-12-23(13-9-21)26-18-35-30(37-26)25-6-4-16-34-25;;;/h8-15,18-20,25,28-29,34H,4-7,16-17H2,1-3H3,(H,35,37)(H,36,38)(H,39,42);3*1H/t25-,28-,29-;;;/m0.../s1. The van der Waals surface area contributed by atoms with Crippen molar-refractivity contribution in [3.05, 3.63) is 72.6 Å². The van der Waals surface area contributed by atoms with Crippen LogP contribution in [0.15, 0.2) is 60.9 Å². The molecule has 10 nitrogen and oxygen atoms in total. The van der Waals surface area contributed by atoms with Gasteiger partial charge in [-0.1, -0.05) is 62.4 Å². The van der Waals surface area contributed by atoms with Crippen molar-refractivity contribution in [2.24, 2.45) is 5.92 Å². The number of benzene rings is 2. The predicted molar refractivity (Wildman–Crippen MR) is 187 cm³/mol. The molecule has 2 fully saturated rings. The molecular weight excluding hydrogens is 649 g/mol. The molecule has 0 saturated carbocycles. The zero-order valence-electron chi connectivity index (χ0n) is 26.1. The van der Waals surface area contributed by atoms with Gasteiger partial charge < -0.3 is 30.2 Å². The Morgan fingerprint density at radius 3 is 1.89 bits per heavy atom. The van der Waals surface area contributed by atoms with Crippen molar-refractivity contribution in [2.75, 3.05) is 20.2 Å². The van der Waals surface area contributed by atoms with Crippen LogP contribution in [0.2, 0.25) is 0 Å². The summed E-state index contributed by atoms with van der Waals surface area (Å²) in [6.07, 6.45) is 7.14. The average Bonchev–Trinajstić information content (AvgIpc) is 3.86. The lowest BCUT2D eigenvalue weighted by Crippen LogP contribution is -2.51. The fourth-order valence-corrected chi connectivity index (χ4v) is 6.11. The van der Waals surface area contributed by atoms with Crippen LogP contribution in [0, 0.1) is 5.92 Å². The first-order valence-corrected chi connectivity index (χ1v) is 15.1. The molecule has 46 heavy (non-hydrogen) atoms. The highest BCUT2D eigenvalue weighted by Crippen LogP contribution is 2.33. The topological polar surface area (TPSA) is 128 Å². The van der Waals surface area contributed by atoms with Gasteiger partial charge in [-0.3, -0.25) is 4.79 Å². The van der Waals surface area contributed by atoms with Gasteiger partial charge in [0.25, 0.3) is 0 Å². The molecule has 4 N–H and O–H groups in total. The average molecular weight is 691 g/mol. The fraction of sp³-hybridized carbons (Fsp3) is 0.394. The molecule has 0 aliphatic carbocycles. The second-order valence-corrected chi connectivity index (χ2v) is 11.7. The molecule has 6 rings (SSSR count). The number of nitrogens with one attached hydrogen (secondary N) is 4. The SMILES string of the molecule is COC(=O)N[C@H](C(=O)N1CCC[C@H]1c1ncc(-c2ccc(-c3ccc(-c4cnc([C@@H]5CCCN5)[nH]4)cc3)cc2)[nH]1)C(C)C.Cl.Cl.Cl. The van der Waals surface area contributed by atoms with Gasteiger partial charge in [-0.2, -0.15) is 0 Å². The minimum Gasteiger partial charge on any atom is -0.453 e. The van der Waals surface area contributed by atoms with E-state index in [1.165, 1.54) is 13.5 Å². The van der Waals surface area contributed by atoms with E-state index in [9.17, 15) is 9.59 Å². The Bertz CT molecular complexity index is 1570. The van der Waals surface area contributed by atoms with Crippen molar-refractivity contribution >= 4 is 49.2 Å². The molecule has 0 spiro atoms. The van der Waals surface area contributed by atoms with Crippen molar-refractivity contribution in [1.82, 2.24) is 35.5 Å². The van der Waals surface area contributed by atoms with E-state index in [1.54, 1.807) is 0 Å². The van der Waals surface area contributed by atoms with Gasteiger partial charge in [-0.15, -0.1) is 37.2 Å². The normalized spacial score (nSPS) is 17.9. The van der Waals surface area contributed by atoms with Crippen molar-refractivity contribution in [1.29, 1.82) is 0 Å². The van der Waals surface area contributed by atoms with E-state index < -0.39 is 12.1 Å². The van der Waals surface area contributed by atoms with E-state index >= 15 is 0 Å². The first-order chi connectivity index (χ1) is 20.9. The Balaban J connectivity index is 0.00000192. The Morgan fingerprint density at radius 1 is 0.826 bits per heavy atom. The van der Waals surface area contributed by atoms with Crippen molar-refractivity contribution in [3.8, 4) is 33.6 Å². The Morgan fingerprint density at radius 2 is 1.37 bits per heavy atom. The number of hydrogen-bond acceptors (Lipinski definition) is 6. The summed E-state index contributed by atoms with van der Waals surface area (Å²) in [5.74, 6) is 1.57. The molecule has 2 amide bonds. The largest absolute Gasteiger partial charge is 0.453 e. The molecule has 2 aromatic heterocycles. The third kappa shape index (κ3) is 7.86. The third-order valence-electron chi connectivity index (χ3n) is 8.55. The summed E-state index contributed by atoms with van der Waals surface area (Å²) in [5.41, 5.74) is 6.33. The predicted octanol–water partition coefficient (Wildman–Crippen LogP) is 6.87. The molecule has 4 heterocycles. The van der Waals surface area contributed by atoms with E-state index in [0.717, 1.165) is 71.1 Å². The summed E-state index contributed by atoms with van der Waals surface area (Å²) in [7, 11) is 1.30. The molecule has 2 aromatic carbocycles. The molecule has 0 unspecified atom stereocenters. The Hall–Kier alpha value is -3.57. The smallest absolute Gasteiger partial charge is 0.407 e. The number of nitrogens with zero attached hydrogens (tertiary/aromatic N) is 3. The number of rotatable bonds is 8. The van der Waals surface area contributed by atoms with E-state index in [1.807, 2.05) is 31.1 Å². The monoisotopic (exact) mass is 689 g/mol. The van der Waals surface area contributed by atoms with E-state index in [-0.39, 0.29) is 55.1 Å². The van der Waals surface area contributed by atoms with E-state index in [2.05, 4.69) is 79.1 Å². The van der Waals surface area contributed by atoms with Crippen molar-refractivity contribution in [2.45, 2.75) is 57.7 Å². The fourth-order valence-electron chi connectivity index (χ4n) is 6.11. The summed E-state index contributed by atoms with van der Waals surface area (Å²) in [4.78, 5) is 43.3. The zero-order valence-corrected chi connectivity index (χ0v) is 28.6. The van der Waals surface area contributed by atoms with Gasteiger partial charge in [0.2, 0.25) is 5.91 Å². The number of alkyl carbamates (subject to hydrolysis) is 1. The zero-order chi connectivity index (χ0) is 29.9. The number of methoxy groups -OCH3 is 1. The minimum atomic E-state index is -0.657. The first kappa shape index (κ1) is 36.9. The number of likely N-dealkylation sites (tertiary alicyclic amines) is 1. The van der Waals surface area contributed by atoms with Crippen LogP contribution in [0.25, 0.3) is 33.6 Å². The van der Waals surface area contributed by atoms with Gasteiger partial charge in [0.05, 0.1) is 43.0 Å². The van der Waals surface area contributed by atoms with Crippen LogP contribution in [0.1, 0.15) is 63.3 Å². The summed E-state index contributed by atoms with van der Waals surface area (Å²) < 4.78 is 4.74. The second-order valence-electron chi connectivity index (χ2n) is 11.7. The quantitative estimate of drug-likeness (QED) is 0.160. The highest BCUT2D eigenvalue weighted by atomic mass is 35.5. The van der Waals surface area contributed by atoms with Gasteiger partial charge in [0.15, 0.2) is 0 Å². The highest BCUT2D eigenvalue weighted by molar-refractivity contribution is 5.86. The van der Waals surface area contributed by atoms with Gasteiger partial charge in [-0.25, -0.2) is 14.8 Å². The molecule has 2 aliphatic heterocycles. The Kier molecular flexibility index (Phi) is 13.1. The number of aromatic nitrogens is 4. The number of carbonyl (C=O) groups excluding carboxylic acids is 2. The molecule has 2 saturated heterocycles. The number of hydrogen-bond donors (Lipinski definition) is 4. The van der Waals surface area contributed by atoms with Crippen LogP contribution >= 0.6 is 37.2 Å². The van der Waals surface area contributed by atoms with Gasteiger partial charge in [-0.05, 0) is 60.4 Å². The maximum absolute atomic E-state index is 13.4. The third-order valence-corrected chi connectivity index (χ3v) is 8.55. The lowest BCUT2D eigenvalue weighted by atomic mass is 10.0. The Labute approximate surface area is 288 Å². The number of aromatic amines is 2. The van der Waals surface area contributed by atoms with Crippen LogP contribution in [0.4, 0.5) is 4.79 Å². The number of ether oxygens (including phenoxy) is 1. The van der Waals surface area contributed by atoms with Gasteiger partial charge >= 0.3 is 6.09 Å². The summed E-state index contributed by atoms with van der Waals surface area (Å²) in [6.45, 7) is 5.50. The van der Waals surface area contributed by atoms with Crippen LogP contribution in [-0.4, -0.2) is 63.1 Å². The molecular formula is C33H42Cl3N7O3. The van der Waals surface area contributed by atoms with Gasteiger partial charge in [0.1, 0.15) is 17.7 Å². The van der Waals surface area contributed by atoms with Crippen LogP contribution in [-0.2, 0) is 9.53 Å². The number of imidazole rings is 2. The maximum atomic E-state index is 13.4. The van der Waals surface area contributed by atoms with Crippen molar-refractivity contribution < 1.29 is 14.3 Å². The molecule has 0 radical (unpaired) electrons. The van der Waals surface area contributed by atoms with Crippen LogP contribution in [0.3, 0.4) is 0 Å². The first-order valence-electron chi connectivity index (χ1n) is 15.1. The van der Waals surface area contributed by atoms with E-state index in [0.29, 0.717) is 12.6 Å². The number of halogens is 3. The van der Waals surface area contributed by atoms with E-state index in [4.69, 9.17) is 4.74 Å². The lowest BCUT2D eigenvalue weighted by Gasteiger charge is -2.30. The summed E-state index contributed by atoms with van der Waals surface area (Å²) >= 11 is 0. The maximum Gasteiger partial charge on any atom is 0.407 e. The van der Waals surface area contributed by atoms with Gasteiger partial charge in [0, 0.05) is 6.54 Å². The van der Waals surface area contributed by atoms with Crippen molar-refractivity contribution in [3.63, 3.8) is 0 Å². The highest BCUT2D eigenvalue weighted by Gasteiger charge is 2.37. The number of carbonyl (C=O) groups is 2. The molecule has 0 bridgehead atoms. The molecule has 2 aliphatic rings.